The third-order valence-electron chi connectivity index (χ3n) is 3.77. The van der Waals surface area contributed by atoms with Crippen molar-refractivity contribution in [3.63, 3.8) is 0 Å². The number of benzene rings is 1. The van der Waals surface area contributed by atoms with Gasteiger partial charge in [-0.05, 0) is 24.6 Å². The summed E-state index contributed by atoms with van der Waals surface area (Å²) in [5, 5.41) is 3.12. The van der Waals surface area contributed by atoms with Gasteiger partial charge in [0.2, 0.25) is 0 Å². The van der Waals surface area contributed by atoms with Crippen molar-refractivity contribution >= 4 is 33.6 Å². The van der Waals surface area contributed by atoms with Gasteiger partial charge in [-0.3, -0.25) is 0 Å². The number of aryl methyl sites for hydroxylation is 1. The molecule has 1 aliphatic heterocycles. The minimum Gasteiger partial charge on any atom is -0.423 e. The first-order valence-electron chi connectivity index (χ1n) is 7.06. The Morgan fingerprint density at radius 1 is 1.14 bits per heavy atom. The zero-order valence-corrected chi connectivity index (χ0v) is 12.6. The summed E-state index contributed by atoms with van der Waals surface area (Å²) in [5.74, 6) is 0. The zero-order valence-electron chi connectivity index (χ0n) is 11.8. The zero-order chi connectivity index (χ0) is 14.2. The minimum absolute atomic E-state index is 0.731. The van der Waals surface area contributed by atoms with Gasteiger partial charge >= 0.3 is 0 Å². The molecule has 0 radical (unpaired) electrons. The van der Waals surface area contributed by atoms with Crippen LogP contribution in [0.4, 0.5) is 11.1 Å². The molecule has 4 rings (SSSR count). The Bertz CT molecular complexity index is 744. The van der Waals surface area contributed by atoms with Crippen molar-refractivity contribution in [3.05, 3.63) is 35.3 Å². The lowest BCUT2D eigenvalue weighted by atomic mass is 10.2. The van der Waals surface area contributed by atoms with E-state index in [4.69, 9.17) is 4.42 Å². The van der Waals surface area contributed by atoms with Crippen LogP contribution in [0.5, 0.6) is 0 Å². The van der Waals surface area contributed by atoms with Gasteiger partial charge in [0.05, 0.1) is 0 Å². The number of aromatic nitrogens is 2. The van der Waals surface area contributed by atoms with Crippen LogP contribution in [0, 0.1) is 6.92 Å². The van der Waals surface area contributed by atoms with Gasteiger partial charge in [-0.15, -0.1) is 11.3 Å². The molecule has 108 valence electrons. The van der Waals surface area contributed by atoms with Crippen molar-refractivity contribution < 1.29 is 4.42 Å². The van der Waals surface area contributed by atoms with Gasteiger partial charge in [0, 0.05) is 37.8 Å². The molecule has 21 heavy (non-hydrogen) atoms. The maximum atomic E-state index is 5.87. The summed E-state index contributed by atoms with van der Waals surface area (Å²) in [4.78, 5) is 13.5. The molecule has 1 saturated heterocycles. The first-order valence-corrected chi connectivity index (χ1v) is 7.94. The summed E-state index contributed by atoms with van der Waals surface area (Å²) < 4.78 is 5.87. The minimum atomic E-state index is 0.731. The molecule has 0 aliphatic carbocycles. The number of nitrogens with zero attached hydrogens (tertiary/aromatic N) is 4. The Balaban J connectivity index is 1.52. The first kappa shape index (κ1) is 12.6. The summed E-state index contributed by atoms with van der Waals surface area (Å²) in [6, 6.07) is 6.84. The van der Waals surface area contributed by atoms with E-state index in [9.17, 15) is 0 Å². The van der Waals surface area contributed by atoms with E-state index >= 15 is 0 Å². The van der Waals surface area contributed by atoms with E-state index in [0.29, 0.717) is 0 Å². The van der Waals surface area contributed by atoms with E-state index in [-0.39, 0.29) is 0 Å². The number of oxazole rings is 1. The molecular weight excluding hydrogens is 284 g/mol. The highest BCUT2D eigenvalue weighted by atomic mass is 32.1. The third-order valence-corrected chi connectivity index (χ3v) is 4.60. The summed E-state index contributed by atoms with van der Waals surface area (Å²) >= 11 is 1.69. The first-order chi connectivity index (χ1) is 10.3. The standard InChI is InChI=1S/C15H16N4OS/c1-11-2-3-13-12(10-11)17-14(20-13)18-5-7-19(8-6-18)15-16-4-9-21-15/h2-4,9-10H,5-8H2,1H3. The molecule has 0 atom stereocenters. The molecule has 0 unspecified atom stereocenters. The maximum Gasteiger partial charge on any atom is 0.298 e. The van der Waals surface area contributed by atoms with E-state index in [0.717, 1.165) is 48.4 Å². The second kappa shape index (κ2) is 5.04. The average Bonchev–Trinajstić information content (AvgIpc) is 3.16. The fourth-order valence-electron chi connectivity index (χ4n) is 2.62. The highest BCUT2D eigenvalue weighted by Gasteiger charge is 2.22. The van der Waals surface area contributed by atoms with E-state index in [1.807, 2.05) is 17.6 Å². The van der Waals surface area contributed by atoms with Crippen LogP contribution in [-0.4, -0.2) is 36.1 Å². The normalized spacial score (nSPS) is 15.9. The van der Waals surface area contributed by atoms with Crippen LogP contribution in [0.2, 0.25) is 0 Å². The van der Waals surface area contributed by atoms with Crippen molar-refractivity contribution in [1.29, 1.82) is 0 Å². The van der Waals surface area contributed by atoms with Gasteiger partial charge in [0.15, 0.2) is 10.7 Å². The van der Waals surface area contributed by atoms with Gasteiger partial charge in [0.25, 0.3) is 6.01 Å². The predicted octanol–water partition coefficient (Wildman–Crippen LogP) is 2.92. The van der Waals surface area contributed by atoms with Gasteiger partial charge in [-0.2, -0.15) is 4.98 Å². The SMILES string of the molecule is Cc1ccc2oc(N3CCN(c4nccs4)CC3)nc2c1. The van der Waals surface area contributed by atoms with Crippen molar-refractivity contribution in [2.75, 3.05) is 36.0 Å². The van der Waals surface area contributed by atoms with Gasteiger partial charge < -0.3 is 14.2 Å². The van der Waals surface area contributed by atoms with E-state index in [1.54, 1.807) is 11.3 Å². The molecule has 0 N–H and O–H groups in total. The number of anilines is 2. The van der Waals surface area contributed by atoms with Crippen molar-refractivity contribution in [2.45, 2.75) is 6.92 Å². The van der Waals surface area contributed by atoms with Crippen LogP contribution in [0.15, 0.2) is 34.2 Å². The number of fused-ring (bicyclic) bond motifs is 1. The fraction of sp³-hybridized carbons (Fsp3) is 0.333. The Labute approximate surface area is 126 Å². The predicted molar refractivity (Wildman–Crippen MR) is 85.3 cm³/mol. The van der Waals surface area contributed by atoms with E-state index in [2.05, 4.69) is 38.8 Å². The number of rotatable bonds is 2. The Kier molecular flexibility index (Phi) is 3.03. The van der Waals surface area contributed by atoms with Crippen molar-refractivity contribution in [2.24, 2.45) is 0 Å². The topological polar surface area (TPSA) is 45.4 Å². The molecule has 0 bridgehead atoms. The van der Waals surface area contributed by atoms with Gasteiger partial charge in [0.1, 0.15) is 5.52 Å². The summed E-state index contributed by atoms with van der Waals surface area (Å²) in [7, 11) is 0. The molecule has 5 nitrogen and oxygen atoms in total. The molecule has 1 fully saturated rings. The molecule has 2 aromatic heterocycles. The fourth-order valence-corrected chi connectivity index (χ4v) is 3.32. The van der Waals surface area contributed by atoms with Crippen LogP contribution >= 0.6 is 11.3 Å². The van der Waals surface area contributed by atoms with Crippen LogP contribution in [0.3, 0.4) is 0 Å². The largest absolute Gasteiger partial charge is 0.423 e. The summed E-state index contributed by atoms with van der Waals surface area (Å²) in [6.07, 6.45) is 1.86. The monoisotopic (exact) mass is 300 g/mol. The summed E-state index contributed by atoms with van der Waals surface area (Å²) in [5.41, 5.74) is 3.00. The van der Waals surface area contributed by atoms with Gasteiger partial charge in [-0.25, -0.2) is 4.98 Å². The lowest BCUT2D eigenvalue weighted by molar-refractivity contribution is 0.541. The Morgan fingerprint density at radius 2 is 1.95 bits per heavy atom. The second-order valence-corrected chi connectivity index (χ2v) is 6.13. The molecule has 0 amide bonds. The Morgan fingerprint density at radius 3 is 2.71 bits per heavy atom. The lowest BCUT2D eigenvalue weighted by Gasteiger charge is -2.33. The second-order valence-electron chi connectivity index (χ2n) is 5.26. The highest BCUT2D eigenvalue weighted by Crippen LogP contribution is 2.25. The molecule has 3 aromatic rings. The third kappa shape index (κ3) is 2.35. The van der Waals surface area contributed by atoms with Crippen molar-refractivity contribution in [1.82, 2.24) is 9.97 Å². The maximum absolute atomic E-state index is 5.87. The summed E-state index contributed by atoms with van der Waals surface area (Å²) in [6.45, 7) is 5.79. The number of piperazine rings is 1. The number of hydrogen-bond acceptors (Lipinski definition) is 6. The van der Waals surface area contributed by atoms with Crippen LogP contribution in [-0.2, 0) is 0 Å². The highest BCUT2D eigenvalue weighted by molar-refractivity contribution is 7.13. The molecular formula is C15H16N4OS. The van der Waals surface area contributed by atoms with Crippen LogP contribution < -0.4 is 9.80 Å². The molecule has 3 heterocycles. The lowest BCUT2D eigenvalue weighted by Crippen LogP contribution is -2.46. The molecule has 0 saturated carbocycles. The van der Waals surface area contributed by atoms with Crippen LogP contribution in [0.25, 0.3) is 11.1 Å². The number of hydrogen-bond donors (Lipinski definition) is 0. The molecule has 0 spiro atoms. The molecule has 1 aromatic carbocycles. The smallest absolute Gasteiger partial charge is 0.298 e. The quantitative estimate of drug-likeness (QED) is 0.728. The number of thiazole rings is 1. The molecule has 1 aliphatic rings. The van der Waals surface area contributed by atoms with E-state index in [1.165, 1.54) is 5.56 Å². The van der Waals surface area contributed by atoms with Crippen molar-refractivity contribution in [3.8, 4) is 0 Å². The van der Waals surface area contributed by atoms with Crippen LogP contribution in [0.1, 0.15) is 5.56 Å². The molecule has 6 heteroatoms. The average molecular weight is 300 g/mol. The van der Waals surface area contributed by atoms with Gasteiger partial charge in [-0.1, -0.05) is 6.07 Å². The van der Waals surface area contributed by atoms with E-state index < -0.39 is 0 Å². The Hall–Kier alpha value is -2.08.